The van der Waals surface area contributed by atoms with Crippen LogP contribution in [0.4, 0.5) is 0 Å². The molecular weight excluding hydrogens is 356 g/mol. The van der Waals surface area contributed by atoms with Gasteiger partial charge in [-0.25, -0.2) is 0 Å². The molecule has 0 fully saturated rings. The van der Waals surface area contributed by atoms with Gasteiger partial charge in [0.2, 0.25) is 0 Å². The molecule has 23 heavy (non-hydrogen) atoms. The van der Waals surface area contributed by atoms with Crippen molar-refractivity contribution in [1.29, 1.82) is 0 Å². The summed E-state index contributed by atoms with van der Waals surface area (Å²) in [6.45, 7) is 3.09. The van der Waals surface area contributed by atoms with E-state index in [-0.39, 0.29) is 17.9 Å². The summed E-state index contributed by atoms with van der Waals surface area (Å²) in [5.74, 6) is 0.389. The number of hydrogen-bond donors (Lipinski definition) is 0. The monoisotopic (exact) mass is 378 g/mol. The van der Waals surface area contributed by atoms with E-state index in [9.17, 15) is 9.59 Å². The van der Waals surface area contributed by atoms with E-state index in [1.807, 2.05) is 12.1 Å². The Morgan fingerprint density at radius 1 is 1.26 bits per heavy atom. The molecule has 0 radical (unpaired) electrons. The van der Waals surface area contributed by atoms with Crippen LogP contribution in [0.15, 0.2) is 34.8 Å². The first-order valence-electron chi connectivity index (χ1n) is 8.07. The molecular formula is C19H23BrO3. The summed E-state index contributed by atoms with van der Waals surface area (Å²) in [4.78, 5) is 22.2. The van der Waals surface area contributed by atoms with E-state index in [2.05, 4.69) is 34.1 Å². The minimum atomic E-state index is -0.230. The van der Waals surface area contributed by atoms with Crippen molar-refractivity contribution >= 4 is 27.7 Å². The van der Waals surface area contributed by atoms with Crippen LogP contribution in [-0.2, 0) is 27.2 Å². The van der Waals surface area contributed by atoms with Gasteiger partial charge in [-0.1, -0.05) is 34.1 Å². The molecule has 0 saturated heterocycles. The fourth-order valence-corrected chi connectivity index (χ4v) is 3.61. The standard InChI is InChI=1S/C19H23BrO3/c1-13(21)5-3-6-16-7-4-8-19(20)18(16)12-15-9-10-17(11-15)23-14(2)22/h4,7-10,15,17H,3,5-6,11-12H2,1-2H3/t15-,17+/m1/s1. The third-order valence-electron chi connectivity index (χ3n) is 4.11. The first kappa shape index (κ1) is 17.9. The SMILES string of the molecule is CC(=O)CCCc1cccc(Br)c1C[C@@H]1C=C[C@H](OC(C)=O)C1. The minimum absolute atomic E-state index is 0.0962. The van der Waals surface area contributed by atoms with Crippen molar-refractivity contribution in [3.63, 3.8) is 0 Å². The van der Waals surface area contributed by atoms with E-state index in [4.69, 9.17) is 4.74 Å². The first-order valence-corrected chi connectivity index (χ1v) is 8.86. The molecule has 124 valence electrons. The van der Waals surface area contributed by atoms with Crippen molar-refractivity contribution in [2.24, 2.45) is 5.92 Å². The smallest absolute Gasteiger partial charge is 0.303 e. The van der Waals surface area contributed by atoms with E-state index in [0.29, 0.717) is 12.3 Å². The highest BCUT2D eigenvalue weighted by Gasteiger charge is 2.22. The van der Waals surface area contributed by atoms with Crippen LogP contribution in [0.3, 0.4) is 0 Å². The van der Waals surface area contributed by atoms with Crippen molar-refractivity contribution in [2.45, 2.75) is 52.1 Å². The summed E-state index contributed by atoms with van der Waals surface area (Å²) in [7, 11) is 0. The number of rotatable bonds is 7. The number of ether oxygens (including phenoxy) is 1. The summed E-state index contributed by atoms with van der Waals surface area (Å²) >= 11 is 3.65. The predicted molar refractivity (Wildman–Crippen MR) is 94.3 cm³/mol. The van der Waals surface area contributed by atoms with Gasteiger partial charge in [-0.15, -0.1) is 0 Å². The summed E-state index contributed by atoms with van der Waals surface area (Å²) in [5.41, 5.74) is 2.60. The number of carbonyl (C=O) groups is 2. The Bertz CT molecular complexity index is 607. The fourth-order valence-electron chi connectivity index (χ4n) is 3.04. The van der Waals surface area contributed by atoms with Crippen LogP contribution in [0, 0.1) is 5.92 Å². The largest absolute Gasteiger partial charge is 0.458 e. The Morgan fingerprint density at radius 3 is 2.74 bits per heavy atom. The molecule has 0 heterocycles. The lowest BCUT2D eigenvalue weighted by atomic mass is 9.92. The molecule has 0 N–H and O–H groups in total. The number of benzene rings is 1. The molecule has 0 aromatic heterocycles. The normalized spacial score (nSPS) is 19.8. The van der Waals surface area contributed by atoms with E-state index >= 15 is 0 Å². The van der Waals surface area contributed by atoms with Gasteiger partial charge in [0.1, 0.15) is 11.9 Å². The Morgan fingerprint density at radius 2 is 2.04 bits per heavy atom. The fraction of sp³-hybridized carbons (Fsp3) is 0.474. The number of hydrogen-bond acceptors (Lipinski definition) is 3. The second-order valence-corrected chi connectivity index (χ2v) is 7.02. The third kappa shape index (κ3) is 5.61. The van der Waals surface area contributed by atoms with Crippen molar-refractivity contribution in [1.82, 2.24) is 0 Å². The van der Waals surface area contributed by atoms with Crippen LogP contribution >= 0.6 is 15.9 Å². The Labute approximate surface area is 146 Å². The molecule has 0 amide bonds. The third-order valence-corrected chi connectivity index (χ3v) is 4.85. The topological polar surface area (TPSA) is 43.4 Å². The molecule has 0 saturated carbocycles. The van der Waals surface area contributed by atoms with Gasteiger partial charge in [0.25, 0.3) is 0 Å². The molecule has 1 aromatic rings. The second-order valence-electron chi connectivity index (χ2n) is 6.17. The number of ketones is 1. The summed E-state index contributed by atoms with van der Waals surface area (Å²) < 4.78 is 6.37. The number of carbonyl (C=O) groups excluding carboxylic acids is 2. The first-order chi connectivity index (χ1) is 11.0. The lowest BCUT2D eigenvalue weighted by Crippen LogP contribution is -2.13. The number of halogens is 1. The highest BCUT2D eigenvalue weighted by molar-refractivity contribution is 9.10. The second kappa shape index (κ2) is 8.44. The maximum atomic E-state index is 11.1. The van der Waals surface area contributed by atoms with Crippen LogP contribution in [0.5, 0.6) is 0 Å². The summed E-state index contributed by atoms with van der Waals surface area (Å²) in [6.07, 6.45) is 8.22. The van der Waals surface area contributed by atoms with Gasteiger partial charge in [-0.05, 0) is 61.8 Å². The number of aryl methyl sites for hydroxylation is 1. The van der Waals surface area contributed by atoms with Gasteiger partial charge >= 0.3 is 5.97 Å². The van der Waals surface area contributed by atoms with Crippen LogP contribution in [-0.4, -0.2) is 17.9 Å². The van der Waals surface area contributed by atoms with E-state index in [0.717, 1.165) is 30.2 Å². The van der Waals surface area contributed by atoms with E-state index in [1.54, 1.807) is 6.92 Å². The van der Waals surface area contributed by atoms with Gasteiger partial charge in [0.15, 0.2) is 0 Å². The Hall–Kier alpha value is -1.42. The van der Waals surface area contributed by atoms with E-state index < -0.39 is 0 Å². The molecule has 2 atom stereocenters. The molecule has 1 aliphatic carbocycles. The van der Waals surface area contributed by atoms with Crippen molar-refractivity contribution in [3.8, 4) is 0 Å². The Kier molecular flexibility index (Phi) is 6.58. The number of esters is 1. The highest BCUT2D eigenvalue weighted by atomic mass is 79.9. The van der Waals surface area contributed by atoms with Gasteiger partial charge in [-0.3, -0.25) is 4.79 Å². The highest BCUT2D eigenvalue weighted by Crippen LogP contribution is 2.30. The van der Waals surface area contributed by atoms with Gasteiger partial charge in [0, 0.05) is 17.8 Å². The summed E-state index contributed by atoms with van der Waals surface area (Å²) in [5, 5.41) is 0. The molecule has 0 unspecified atom stereocenters. The lowest BCUT2D eigenvalue weighted by molar-refractivity contribution is -0.144. The molecule has 1 aromatic carbocycles. The van der Waals surface area contributed by atoms with Gasteiger partial charge in [-0.2, -0.15) is 0 Å². The number of allylic oxidation sites excluding steroid dienone is 1. The molecule has 0 bridgehead atoms. The zero-order chi connectivity index (χ0) is 16.8. The zero-order valence-electron chi connectivity index (χ0n) is 13.7. The van der Waals surface area contributed by atoms with Crippen LogP contribution in [0.2, 0.25) is 0 Å². The van der Waals surface area contributed by atoms with Crippen LogP contribution < -0.4 is 0 Å². The molecule has 2 rings (SSSR count). The van der Waals surface area contributed by atoms with Crippen LogP contribution in [0.1, 0.15) is 44.2 Å². The molecule has 4 heteroatoms. The van der Waals surface area contributed by atoms with Gasteiger partial charge < -0.3 is 9.53 Å². The lowest BCUT2D eigenvalue weighted by Gasteiger charge is -2.16. The maximum Gasteiger partial charge on any atom is 0.303 e. The molecule has 0 aliphatic heterocycles. The average molecular weight is 379 g/mol. The number of Topliss-reactive ketones (excluding diaryl/α,β-unsaturated/α-hetero) is 1. The Balaban J connectivity index is 2.00. The zero-order valence-corrected chi connectivity index (χ0v) is 15.3. The van der Waals surface area contributed by atoms with Crippen molar-refractivity contribution in [2.75, 3.05) is 0 Å². The van der Waals surface area contributed by atoms with Crippen molar-refractivity contribution < 1.29 is 14.3 Å². The molecule has 1 aliphatic rings. The van der Waals surface area contributed by atoms with E-state index in [1.165, 1.54) is 18.1 Å². The quantitative estimate of drug-likeness (QED) is 0.521. The molecule has 0 spiro atoms. The minimum Gasteiger partial charge on any atom is -0.458 e. The maximum absolute atomic E-state index is 11.1. The van der Waals surface area contributed by atoms with Crippen molar-refractivity contribution in [3.05, 3.63) is 46.0 Å². The van der Waals surface area contributed by atoms with Crippen LogP contribution in [0.25, 0.3) is 0 Å². The van der Waals surface area contributed by atoms with Gasteiger partial charge in [0.05, 0.1) is 0 Å². The predicted octanol–water partition coefficient (Wildman–Crippen LogP) is 4.41. The average Bonchev–Trinajstić information content (AvgIpc) is 2.88. The summed E-state index contributed by atoms with van der Waals surface area (Å²) in [6, 6.07) is 6.25. The molecule has 3 nitrogen and oxygen atoms in total.